The molecule has 2 rings (SSSR count). The second-order valence-corrected chi connectivity index (χ2v) is 4.02. The van der Waals surface area contributed by atoms with Crippen molar-refractivity contribution in [1.82, 2.24) is 9.97 Å². The van der Waals surface area contributed by atoms with Crippen molar-refractivity contribution in [3.63, 3.8) is 0 Å². The van der Waals surface area contributed by atoms with Gasteiger partial charge in [0.2, 0.25) is 0 Å². The molecule has 2 aromatic heterocycles. The van der Waals surface area contributed by atoms with Crippen LogP contribution in [0.25, 0.3) is 11.0 Å². The minimum atomic E-state index is 0.0213. The van der Waals surface area contributed by atoms with E-state index in [9.17, 15) is 0 Å². The van der Waals surface area contributed by atoms with Crippen molar-refractivity contribution in [3.8, 4) is 0 Å². The Kier molecular flexibility index (Phi) is 2.09. The highest BCUT2D eigenvalue weighted by molar-refractivity contribution is 9.10. The van der Waals surface area contributed by atoms with Crippen LogP contribution >= 0.6 is 15.9 Å². The molecule has 2 aromatic rings. The highest BCUT2D eigenvalue weighted by Gasteiger charge is 2.05. The van der Waals surface area contributed by atoms with Crippen LogP contribution in [-0.2, 0) is 0 Å². The van der Waals surface area contributed by atoms with E-state index in [4.69, 9.17) is 5.73 Å². The standard InChI is InChI=1S/C9H10BrN3/c1-5(11)8-3-6-2-7(10)4-12-9(6)13-8/h2-5H,11H2,1H3,(H,12,13). The molecule has 2 heterocycles. The van der Waals surface area contributed by atoms with Gasteiger partial charge in [-0.05, 0) is 35.0 Å². The summed E-state index contributed by atoms with van der Waals surface area (Å²) in [5.41, 5.74) is 7.64. The van der Waals surface area contributed by atoms with Crippen LogP contribution in [0, 0.1) is 0 Å². The number of nitrogens with two attached hydrogens (primary N) is 1. The number of rotatable bonds is 1. The van der Waals surface area contributed by atoms with E-state index < -0.39 is 0 Å². The summed E-state index contributed by atoms with van der Waals surface area (Å²) in [6, 6.07) is 4.07. The maximum atomic E-state index is 5.74. The van der Waals surface area contributed by atoms with Gasteiger partial charge in [-0.2, -0.15) is 0 Å². The van der Waals surface area contributed by atoms with Crippen molar-refractivity contribution in [1.29, 1.82) is 0 Å². The summed E-state index contributed by atoms with van der Waals surface area (Å²) >= 11 is 3.37. The molecule has 68 valence electrons. The molecule has 1 atom stereocenters. The summed E-state index contributed by atoms with van der Waals surface area (Å²) in [4.78, 5) is 7.39. The molecule has 0 aliphatic heterocycles. The third-order valence-corrected chi connectivity index (χ3v) is 2.38. The second kappa shape index (κ2) is 3.12. The monoisotopic (exact) mass is 239 g/mol. The highest BCUT2D eigenvalue weighted by Crippen LogP contribution is 2.20. The Morgan fingerprint density at radius 1 is 1.54 bits per heavy atom. The number of H-pyrrole nitrogens is 1. The molecule has 1 unspecified atom stereocenters. The van der Waals surface area contributed by atoms with Gasteiger partial charge in [-0.1, -0.05) is 0 Å². The number of nitrogens with one attached hydrogen (secondary N) is 1. The lowest BCUT2D eigenvalue weighted by Gasteiger charge is -1.98. The fourth-order valence-corrected chi connectivity index (χ4v) is 1.60. The van der Waals surface area contributed by atoms with Gasteiger partial charge in [-0.15, -0.1) is 0 Å². The second-order valence-electron chi connectivity index (χ2n) is 3.10. The topological polar surface area (TPSA) is 54.7 Å². The lowest BCUT2D eigenvalue weighted by molar-refractivity contribution is 0.791. The Morgan fingerprint density at radius 2 is 2.31 bits per heavy atom. The average molecular weight is 240 g/mol. The first-order chi connectivity index (χ1) is 6.16. The highest BCUT2D eigenvalue weighted by atomic mass is 79.9. The molecule has 13 heavy (non-hydrogen) atoms. The van der Waals surface area contributed by atoms with E-state index in [0.717, 1.165) is 21.2 Å². The van der Waals surface area contributed by atoms with Gasteiger partial charge in [-0.25, -0.2) is 4.98 Å². The van der Waals surface area contributed by atoms with Gasteiger partial charge in [0.1, 0.15) is 5.65 Å². The van der Waals surface area contributed by atoms with Gasteiger partial charge in [-0.3, -0.25) is 0 Å². The Hall–Kier alpha value is -0.870. The Labute approximate surface area is 84.5 Å². The van der Waals surface area contributed by atoms with Crippen molar-refractivity contribution < 1.29 is 0 Å². The van der Waals surface area contributed by atoms with Gasteiger partial charge in [0.05, 0.1) is 0 Å². The SMILES string of the molecule is CC(N)c1cc2cc(Br)cnc2[nH]1. The molecule has 3 N–H and O–H groups in total. The van der Waals surface area contributed by atoms with E-state index in [1.165, 1.54) is 0 Å². The van der Waals surface area contributed by atoms with Crippen molar-refractivity contribution in [2.45, 2.75) is 13.0 Å². The van der Waals surface area contributed by atoms with Crippen molar-refractivity contribution in [2.75, 3.05) is 0 Å². The van der Waals surface area contributed by atoms with E-state index in [2.05, 4.69) is 25.9 Å². The van der Waals surface area contributed by atoms with Gasteiger partial charge >= 0.3 is 0 Å². The predicted octanol–water partition coefficient (Wildman–Crippen LogP) is 2.35. The minimum Gasteiger partial charge on any atom is -0.342 e. The molecular weight excluding hydrogens is 230 g/mol. The van der Waals surface area contributed by atoms with Gasteiger partial charge in [0, 0.05) is 27.8 Å². The van der Waals surface area contributed by atoms with Crippen molar-refractivity contribution in [2.24, 2.45) is 5.73 Å². The summed E-state index contributed by atoms with van der Waals surface area (Å²) < 4.78 is 0.982. The van der Waals surface area contributed by atoms with Gasteiger partial charge < -0.3 is 10.7 Å². The number of hydrogen-bond acceptors (Lipinski definition) is 2. The van der Waals surface area contributed by atoms with E-state index in [-0.39, 0.29) is 6.04 Å². The number of aromatic amines is 1. The minimum absolute atomic E-state index is 0.0213. The van der Waals surface area contributed by atoms with Gasteiger partial charge in [0.25, 0.3) is 0 Å². The average Bonchev–Trinajstić information content (AvgIpc) is 2.46. The number of nitrogens with zero attached hydrogens (tertiary/aromatic N) is 1. The Morgan fingerprint density at radius 3 is 3.00 bits per heavy atom. The van der Waals surface area contributed by atoms with Crippen LogP contribution in [0.3, 0.4) is 0 Å². The van der Waals surface area contributed by atoms with Crippen LogP contribution < -0.4 is 5.73 Å². The first-order valence-electron chi connectivity index (χ1n) is 4.06. The maximum Gasteiger partial charge on any atom is 0.137 e. The number of hydrogen-bond donors (Lipinski definition) is 2. The van der Waals surface area contributed by atoms with Crippen LogP contribution in [0.2, 0.25) is 0 Å². The smallest absolute Gasteiger partial charge is 0.137 e. The molecule has 0 spiro atoms. The molecule has 0 aliphatic rings. The quantitative estimate of drug-likeness (QED) is 0.803. The number of fused-ring (bicyclic) bond motifs is 1. The first-order valence-corrected chi connectivity index (χ1v) is 4.86. The molecule has 0 aromatic carbocycles. The Bertz CT molecular complexity index is 433. The maximum absolute atomic E-state index is 5.74. The van der Waals surface area contributed by atoms with Crippen LogP contribution in [0.4, 0.5) is 0 Å². The predicted molar refractivity (Wildman–Crippen MR) is 56.4 cm³/mol. The molecule has 3 nitrogen and oxygen atoms in total. The number of pyridine rings is 1. The number of aromatic nitrogens is 2. The zero-order valence-corrected chi connectivity index (χ0v) is 8.80. The van der Waals surface area contributed by atoms with Crippen LogP contribution in [0.1, 0.15) is 18.7 Å². The fraction of sp³-hybridized carbons (Fsp3) is 0.222. The van der Waals surface area contributed by atoms with Crippen molar-refractivity contribution in [3.05, 3.63) is 28.5 Å². The summed E-state index contributed by atoms with van der Waals surface area (Å²) in [6.45, 7) is 1.94. The molecule has 0 aliphatic carbocycles. The molecular formula is C9H10BrN3. The fourth-order valence-electron chi connectivity index (χ4n) is 1.26. The van der Waals surface area contributed by atoms with E-state index in [1.54, 1.807) is 6.20 Å². The Balaban J connectivity index is 2.62. The lowest BCUT2D eigenvalue weighted by atomic mass is 10.2. The summed E-state index contributed by atoms with van der Waals surface area (Å²) in [7, 11) is 0. The van der Waals surface area contributed by atoms with E-state index in [1.807, 2.05) is 19.1 Å². The van der Waals surface area contributed by atoms with Gasteiger partial charge in [0.15, 0.2) is 0 Å². The molecule has 0 fully saturated rings. The zero-order chi connectivity index (χ0) is 9.42. The normalized spacial score (nSPS) is 13.5. The molecule has 0 radical (unpaired) electrons. The third kappa shape index (κ3) is 1.59. The molecule has 0 amide bonds. The van der Waals surface area contributed by atoms with Crippen molar-refractivity contribution >= 4 is 27.0 Å². The van der Waals surface area contributed by atoms with E-state index >= 15 is 0 Å². The van der Waals surface area contributed by atoms with Crippen LogP contribution in [0.5, 0.6) is 0 Å². The van der Waals surface area contributed by atoms with Crippen LogP contribution in [-0.4, -0.2) is 9.97 Å². The summed E-state index contributed by atoms with van der Waals surface area (Å²) in [6.07, 6.45) is 1.77. The number of halogens is 1. The molecule has 0 saturated heterocycles. The molecule has 4 heteroatoms. The lowest BCUT2D eigenvalue weighted by Crippen LogP contribution is -2.04. The zero-order valence-electron chi connectivity index (χ0n) is 7.21. The third-order valence-electron chi connectivity index (χ3n) is 1.95. The van der Waals surface area contributed by atoms with Crippen LogP contribution in [0.15, 0.2) is 22.8 Å². The summed E-state index contributed by atoms with van der Waals surface area (Å²) in [5, 5.41) is 1.08. The first kappa shape index (κ1) is 8.72. The largest absolute Gasteiger partial charge is 0.342 e. The summed E-state index contributed by atoms with van der Waals surface area (Å²) in [5.74, 6) is 0. The molecule has 0 bridgehead atoms. The van der Waals surface area contributed by atoms with E-state index in [0.29, 0.717) is 0 Å². The molecule has 0 saturated carbocycles.